The minimum Gasteiger partial charge on any atom is -0.790 e. The summed E-state index contributed by atoms with van der Waals surface area (Å²) in [5, 5.41) is 23.7. The Bertz CT molecular complexity index is 1070. The van der Waals surface area contributed by atoms with Crippen molar-refractivity contribution >= 4 is 24.8 Å². The van der Waals surface area contributed by atoms with Gasteiger partial charge in [0.25, 0.3) is 0 Å². The van der Waals surface area contributed by atoms with E-state index in [1.807, 2.05) is 30.3 Å². The van der Waals surface area contributed by atoms with Crippen LogP contribution in [0.25, 0.3) is 11.2 Å². The third kappa shape index (κ3) is 6.36. The fourth-order valence-electron chi connectivity index (χ4n) is 3.21. The number of hydrogen-bond donors (Lipinski definition) is 3. The van der Waals surface area contributed by atoms with E-state index in [1.54, 1.807) is 0 Å². The van der Waals surface area contributed by atoms with Crippen LogP contribution in [0.15, 0.2) is 43.0 Å². The zero-order chi connectivity index (χ0) is 21.3. The Hall–Kier alpha value is -0.440. The summed E-state index contributed by atoms with van der Waals surface area (Å²) in [6.45, 7) is -0.213. The van der Waals surface area contributed by atoms with Crippen molar-refractivity contribution in [2.75, 3.05) is 11.9 Å². The van der Waals surface area contributed by atoms with Gasteiger partial charge in [-0.1, -0.05) is 30.3 Å². The van der Waals surface area contributed by atoms with Gasteiger partial charge in [0, 0.05) is 6.54 Å². The number of aliphatic hydroxyl groups is 2. The normalized spacial score (nSPS) is 22.9. The van der Waals surface area contributed by atoms with E-state index in [9.17, 15) is 24.6 Å². The average Bonchev–Trinajstić information content (AvgIpc) is 3.27. The summed E-state index contributed by atoms with van der Waals surface area (Å²) in [4.78, 5) is 34.0. The third-order valence-corrected chi connectivity index (χ3v) is 5.14. The van der Waals surface area contributed by atoms with Crippen molar-refractivity contribution in [1.29, 1.82) is 0 Å². The van der Waals surface area contributed by atoms with Crippen molar-refractivity contribution in [2.45, 2.75) is 31.1 Å². The number of nitrogens with one attached hydrogen (secondary N) is 1. The summed E-state index contributed by atoms with van der Waals surface area (Å²) in [7, 11) is -5.24. The topological polar surface area (TPSA) is 178 Å². The molecule has 1 aliphatic rings. The van der Waals surface area contributed by atoms with Crippen LogP contribution in [0.5, 0.6) is 0 Å². The molecule has 0 amide bonds. The molecule has 1 aliphatic heterocycles. The molecular weight excluding hydrogens is 463 g/mol. The van der Waals surface area contributed by atoms with Gasteiger partial charge in [0.1, 0.15) is 24.6 Å². The van der Waals surface area contributed by atoms with Crippen molar-refractivity contribution in [1.82, 2.24) is 19.5 Å². The molecule has 32 heavy (non-hydrogen) atoms. The number of imidazole rings is 1. The third-order valence-electron chi connectivity index (χ3n) is 4.67. The van der Waals surface area contributed by atoms with E-state index < -0.39 is 39.0 Å². The Kier molecular flexibility index (Phi) is 10.3. The summed E-state index contributed by atoms with van der Waals surface area (Å²) in [6.07, 6.45) is -2.56. The van der Waals surface area contributed by atoms with Crippen LogP contribution in [-0.2, 0) is 20.4 Å². The molecule has 3 heterocycles. The van der Waals surface area contributed by atoms with Crippen molar-refractivity contribution in [3.05, 3.63) is 48.5 Å². The zero-order valence-corrected chi connectivity index (χ0v) is 22.3. The molecule has 0 aliphatic carbocycles. The van der Waals surface area contributed by atoms with Crippen molar-refractivity contribution in [3.8, 4) is 0 Å². The number of aliphatic hydroxyl groups excluding tert-OH is 2. The molecule has 160 valence electrons. The number of phosphoric acid groups is 1. The van der Waals surface area contributed by atoms with Gasteiger partial charge in [0.15, 0.2) is 23.2 Å². The Morgan fingerprint density at radius 1 is 1.12 bits per heavy atom. The van der Waals surface area contributed by atoms with E-state index >= 15 is 0 Å². The first-order valence-corrected chi connectivity index (χ1v) is 10.4. The molecule has 0 saturated carbocycles. The van der Waals surface area contributed by atoms with Gasteiger partial charge < -0.3 is 39.1 Å². The SMILES string of the molecule is O=P([O-])([O-])OC[C@H]1O[C@@H](n2cnc3c(NCc4ccccc4)ncnc32)[C@H](O)[C@@H]1O.[Na+].[Na+]. The summed E-state index contributed by atoms with van der Waals surface area (Å²) in [5.41, 5.74) is 1.79. The van der Waals surface area contributed by atoms with E-state index in [4.69, 9.17) is 4.74 Å². The van der Waals surface area contributed by atoms with Crippen LogP contribution in [0.1, 0.15) is 11.8 Å². The molecule has 0 unspecified atom stereocenters. The second-order valence-electron chi connectivity index (χ2n) is 6.67. The van der Waals surface area contributed by atoms with E-state index in [1.165, 1.54) is 17.2 Å². The van der Waals surface area contributed by atoms with Gasteiger partial charge in [-0.15, -0.1) is 0 Å². The molecule has 1 aromatic carbocycles. The fraction of sp³-hybridized carbons (Fsp3) is 0.353. The summed E-state index contributed by atoms with van der Waals surface area (Å²) < 4.78 is 21.8. The standard InChI is InChI=1S/C17H20N5O7P.2Na/c23-13-11(7-28-30(25,26)27)29-17(14(13)24)22-9-21-12-15(19-8-20-16(12)22)18-6-10-4-2-1-3-5-10;;/h1-5,8-9,11,13-14,17,23-24H,6-7H2,(H,18,19,20)(H2,25,26,27);;/q;2*+1/p-2/t11-,13-,14-,17-;;/m1../s1. The number of benzene rings is 1. The second-order valence-corrected chi connectivity index (χ2v) is 7.83. The van der Waals surface area contributed by atoms with Gasteiger partial charge >= 0.3 is 59.1 Å². The predicted molar refractivity (Wildman–Crippen MR) is 98.6 cm³/mol. The van der Waals surface area contributed by atoms with Gasteiger partial charge in [-0.25, -0.2) is 15.0 Å². The summed E-state index contributed by atoms with van der Waals surface area (Å²) in [6, 6.07) is 9.67. The first-order chi connectivity index (χ1) is 14.3. The maximum atomic E-state index is 10.7. The second kappa shape index (κ2) is 11.8. The largest absolute Gasteiger partial charge is 1.00 e. The molecule has 0 radical (unpaired) electrons. The van der Waals surface area contributed by atoms with Gasteiger partial charge in [-0.2, -0.15) is 0 Å². The molecule has 1 fully saturated rings. The maximum Gasteiger partial charge on any atom is 1.00 e. The van der Waals surface area contributed by atoms with Crippen molar-refractivity contribution < 1.29 is 92.9 Å². The molecule has 4 rings (SSSR count). The van der Waals surface area contributed by atoms with E-state index in [0.717, 1.165) is 5.56 Å². The molecule has 12 nitrogen and oxygen atoms in total. The van der Waals surface area contributed by atoms with Gasteiger partial charge in [-0.3, -0.25) is 4.57 Å². The molecule has 0 spiro atoms. The van der Waals surface area contributed by atoms with Gasteiger partial charge in [0.2, 0.25) is 0 Å². The number of nitrogens with zero attached hydrogens (tertiary/aromatic N) is 4. The van der Waals surface area contributed by atoms with Crippen molar-refractivity contribution in [2.24, 2.45) is 0 Å². The van der Waals surface area contributed by atoms with Gasteiger partial charge in [-0.05, 0) is 5.56 Å². The van der Waals surface area contributed by atoms with Gasteiger partial charge in [0.05, 0.1) is 20.8 Å². The molecule has 3 aromatic rings. The minimum atomic E-state index is -5.24. The molecule has 15 heteroatoms. The van der Waals surface area contributed by atoms with Crippen LogP contribution in [0.4, 0.5) is 5.82 Å². The van der Waals surface area contributed by atoms with E-state index in [0.29, 0.717) is 23.5 Å². The molecule has 3 N–H and O–H groups in total. The Balaban J connectivity index is 0.00000181. The van der Waals surface area contributed by atoms with Crippen LogP contribution in [0.3, 0.4) is 0 Å². The van der Waals surface area contributed by atoms with Crippen LogP contribution in [-0.4, -0.2) is 54.7 Å². The summed E-state index contributed by atoms with van der Waals surface area (Å²) >= 11 is 0. The Morgan fingerprint density at radius 3 is 2.53 bits per heavy atom. The number of fused-ring (bicyclic) bond motifs is 1. The number of rotatable bonds is 7. The first-order valence-electron chi connectivity index (χ1n) is 8.97. The predicted octanol–water partition coefficient (Wildman–Crippen LogP) is -7.09. The van der Waals surface area contributed by atoms with Crippen LogP contribution >= 0.6 is 7.82 Å². The quantitative estimate of drug-likeness (QED) is 0.216. The van der Waals surface area contributed by atoms with Crippen LogP contribution in [0.2, 0.25) is 0 Å². The number of anilines is 1. The Labute approximate surface area is 227 Å². The number of hydrogen-bond acceptors (Lipinski definition) is 11. The molecule has 0 bridgehead atoms. The minimum absolute atomic E-state index is 0. The van der Waals surface area contributed by atoms with E-state index in [2.05, 4.69) is 24.8 Å². The van der Waals surface area contributed by atoms with Crippen LogP contribution < -0.4 is 74.2 Å². The van der Waals surface area contributed by atoms with Crippen molar-refractivity contribution in [3.63, 3.8) is 0 Å². The number of ether oxygens (including phenoxy) is 1. The smallest absolute Gasteiger partial charge is 0.790 e. The molecule has 2 aromatic heterocycles. The van der Waals surface area contributed by atoms with E-state index in [-0.39, 0.29) is 59.1 Å². The molecule has 1 saturated heterocycles. The monoisotopic (exact) mass is 481 g/mol. The maximum absolute atomic E-state index is 10.7. The first kappa shape index (κ1) is 27.8. The molecular formula is C17H18N5Na2O7P. The zero-order valence-electron chi connectivity index (χ0n) is 17.4. The Morgan fingerprint density at radius 2 is 1.84 bits per heavy atom. The van der Waals surface area contributed by atoms with Crippen LogP contribution in [0, 0.1) is 0 Å². The fourth-order valence-corrected chi connectivity index (χ4v) is 3.54. The number of aromatic nitrogens is 4. The summed E-state index contributed by atoms with van der Waals surface area (Å²) in [5.74, 6) is 0.467. The number of phosphoric ester groups is 1. The average molecular weight is 481 g/mol. The molecule has 4 atom stereocenters.